The Labute approximate surface area is 196 Å². The molecular weight excluding hydrogens is 416 g/mol. The van der Waals surface area contributed by atoms with Gasteiger partial charge in [-0.3, -0.25) is 14.4 Å². The summed E-state index contributed by atoms with van der Waals surface area (Å²) < 4.78 is 0. The maximum atomic E-state index is 12.7. The molecule has 0 aliphatic carbocycles. The number of hydrogen-bond acceptors (Lipinski definition) is 4. The van der Waals surface area contributed by atoms with Crippen molar-refractivity contribution >= 4 is 29.1 Å². The molecule has 0 radical (unpaired) electrons. The Morgan fingerprint density at radius 1 is 0.758 bits per heavy atom. The van der Waals surface area contributed by atoms with Crippen LogP contribution in [0.2, 0.25) is 0 Å². The minimum Gasteiger partial charge on any atom is -0.376 e. The van der Waals surface area contributed by atoms with Crippen LogP contribution in [0, 0.1) is 0 Å². The lowest BCUT2D eigenvalue weighted by Crippen LogP contribution is -2.32. The molecule has 0 bridgehead atoms. The van der Waals surface area contributed by atoms with Crippen LogP contribution < -0.4 is 16.0 Å². The lowest BCUT2D eigenvalue weighted by Gasteiger charge is -2.21. The maximum Gasteiger partial charge on any atom is 0.253 e. The molecule has 3 N–H and O–H groups in total. The number of amides is 3. The summed E-state index contributed by atoms with van der Waals surface area (Å²) in [6.07, 6.45) is 3.82. The molecular formula is C26H36N4O3. The first-order valence-electron chi connectivity index (χ1n) is 11.8. The molecule has 7 nitrogen and oxygen atoms in total. The molecule has 0 aliphatic rings. The van der Waals surface area contributed by atoms with Gasteiger partial charge in [-0.05, 0) is 67.8 Å². The Balaban J connectivity index is 1.83. The molecule has 2 aromatic rings. The predicted octanol–water partition coefficient (Wildman–Crippen LogP) is 4.53. The van der Waals surface area contributed by atoms with Crippen LogP contribution in [0.5, 0.6) is 0 Å². The molecule has 3 amide bonds. The number of benzene rings is 2. The first kappa shape index (κ1) is 25.9. The quantitative estimate of drug-likeness (QED) is 0.390. The van der Waals surface area contributed by atoms with Crippen molar-refractivity contribution in [3.05, 3.63) is 59.7 Å². The van der Waals surface area contributed by atoms with Crippen molar-refractivity contribution < 1.29 is 14.4 Å². The first-order chi connectivity index (χ1) is 16.0. The van der Waals surface area contributed by atoms with Crippen LogP contribution in [0.3, 0.4) is 0 Å². The summed E-state index contributed by atoms with van der Waals surface area (Å²) in [6.45, 7) is 8.42. The van der Waals surface area contributed by atoms with Crippen LogP contribution in [0.15, 0.2) is 48.5 Å². The summed E-state index contributed by atoms with van der Waals surface area (Å²) in [6, 6.07) is 14.0. The van der Waals surface area contributed by atoms with Gasteiger partial charge >= 0.3 is 0 Å². The lowest BCUT2D eigenvalue weighted by atomic mass is 10.1. The molecule has 0 aromatic heterocycles. The zero-order valence-electron chi connectivity index (χ0n) is 19.9. The normalized spacial score (nSPS) is 10.4. The molecule has 0 spiro atoms. The van der Waals surface area contributed by atoms with E-state index < -0.39 is 0 Å². The van der Waals surface area contributed by atoms with Crippen molar-refractivity contribution in [2.45, 2.75) is 46.5 Å². The van der Waals surface area contributed by atoms with Crippen LogP contribution in [0.4, 0.5) is 11.4 Å². The number of carbonyl (C=O) groups is 3. The average molecular weight is 453 g/mol. The summed E-state index contributed by atoms with van der Waals surface area (Å²) >= 11 is 0. The zero-order chi connectivity index (χ0) is 24.1. The van der Waals surface area contributed by atoms with Gasteiger partial charge < -0.3 is 20.9 Å². The van der Waals surface area contributed by atoms with Crippen molar-refractivity contribution in [2.24, 2.45) is 0 Å². The minimum absolute atomic E-state index is 0.0146. The SMILES string of the molecule is CCCCNC(=O)c1ccc(NCC(=O)Nc2ccc(C(=O)N(CCC)CCC)cc2)cc1. The monoisotopic (exact) mass is 452 g/mol. The molecule has 0 saturated carbocycles. The van der Waals surface area contributed by atoms with Crippen LogP contribution in [-0.2, 0) is 4.79 Å². The van der Waals surface area contributed by atoms with Crippen molar-refractivity contribution in [1.29, 1.82) is 0 Å². The molecule has 0 atom stereocenters. The van der Waals surface area contributed by atoms with Gasteiger partial charge in [0.05, 0.1) is 6.54 Å². The summed E-state index contributed by atoms with van der Waals surface area (Å²) in [5, 5.41) is 8.76. The summed E-state index contributed by atoms with van der Waals surface area (Å²) in [5.41, 5.74) is 2.59. The molecule has 7 heteroatoms. The Bertz CT molecular complexity index is 889. The average Bonchev–Trinajstić information content (AvgIpc) is 2.83. The molecule has 33 heavy (non-hydrogen) atoms. The fourth-order valence-corrected chi connectivity index (χ4v) is 3.34. The molecule has 2 aromatic carbocycles. The predicted molar refractivity (Wildman–Crippen MR) is 134 cm³/mol. The van der Waals surface area contributed by atoms with Gasteiger partial charge in [-0.2, -0.15) is 0 Å². The molecule has 0 unspecified atom stereocenters. The van der Waals surface area contributed by atoms with E-state index in [9.17, 15) is 14.4 Å². The third-order valence-corrected chi connectivity index (χ3v) is 5.11. The largest absolute Gasteiger partial charge is 0.376 e. The number of nitrogens with one attached hydrogen (secondary N) is 3. The van der Waals surface area contributed by atoms with E-state index in [0.29, 0.717) is 23.4 Å². The van der Waals surface area contributed by atoms with Gasteiger partial charge in [0.15, 0.2) is 0 Å². The smallest absolute Gasteiger partial charge is 0.253 e. The molecule has 0 saturated heterocycles. The van der Waals surface area contributed by atoms with E-state index in [4.69, 9.17) is 0 Å². The minimum atomic E-state index is -0.200. The summed E-state index contributed by atoms with van der Waals surface area (Å²) in [4.78, 5) is 38.9. The van der Waals surface area contributed by atoms with Gasteiger partial charge in [-0.1, -0.05) is 27.2 Å². The van der Waals surface area contributed by atoms with Crippen molar-refractivity contribution in [1.82, 2.24) is 10.2 Å². The fraction of sp³-hybridized carbons (Fsp3) is 0.423. The Morgan fingerprint density at radius 3 is 1.91 bits per heavy atom. The van der Waals surface area contributed by atoms with Crippen LogP contribution in [0.1, 0.15) is 67.2 Å². The lowest BCUT2D eigenvalue weighted by molar-refractivity contribution is -0.114. The molecule has 2 rings (SSSR count). The van der Waals surface area contributed by atoms with Crippen molar-refractivity contribution in [3.8, 4) is 0 Å². The van der Waals surface area contributed by atoms with Crippen LogP contribution >= 0.6 is 0 Å². The number of hydrogen-bond donors (Lipinski definition) is 3. The third-order valence-electron chi connectivity index (χ3n) is 5.11. The number of anilines is 2. The van der Waals surface area contributed by atoms with Gasteiger partial charge in [-0.15, -0.1) is 0 Å². The van der Waals surface area contributed by atoms with Crippen molar-refractivity contribution in [3.63, 3.8) is 0 Å². The molecule has 0 fully saturated rings. The van der Waals surface area contributed by atoms with E-state index in [0.717, 1.165) is 44.5 Å². The van der Waals surface area contributed by atoms with E-state index in [1.807, 2.05) is 4.90 Å². The van der Waals surface area contributed by atoms with Crippen LogP contribution in [0.25, 0.3) is 0 Å². The zero-order valence-corrected chi connectivity index (χ0v) is 19.9. The highest BCUT2D eigenvalue weighted by molar-refractivity contribution is 5.97. The molecule has 0 aliphatic heterocycles. The third kappa shape index (κ3) is 8.60. The Morgan fingerprint density at radius 2 is 1.33 bits per heavy atom. The number of unbranched alkanes of at least 4 members (excludes halogenated alkanes) is 1. The van der Waals surface area contributed by atoms with E-state index in [1.54, 1.807) is 48.5 Å². The van der Waals surface area contributed by atoms with Gasteiger partial charge in [-0.25, -0.2) is 0 Å². The standard InChI is InChI=1S/C26H36N4O3/c1-4-7-16-27-25(32)20-8-12-22(13-9-20)28-19-24(31)29-23-14-10-21(11-15-23)26(33)30(17-5-2)18-6-3/h8-15,28H,4-7,16-19H2,1-3H3,(H,27,32)(H,29,31). The summed E-state index contributed by atoms with van der Waals surface area (Å²) in [5.74, 6) is -0.281. The Hall–Kier alpha value is -3.35. The first-order valence-corrected chi connectivity index (χ1v) is 11.8. The van der Waals surface area contributed by atoms with Gasteiger partial charge in [0.25, 0.3) is 11.8 Å². The molecule has 178 valence electrons. The van der Waals surface area contributed by atoms with E-state index in [1.165, 1.54) is 0 Å². The second-order valence-electron chi connectivity index (χ2n) is 7.96. The van der Waals surface area contributed by atoms with Gasteiger partial charge in [0.1, 0.15) is 0 Å². The number of rotatable bonds is 13. The second kappa shape index (κ2) is 13.9. The van der Waals surface area contributed by atoms with E-state index in [-0.39, 0.29) is 24.3 Å². The van der Waals surface area contributed by atoms with Gasteiger partial charge in [0, 0.05) is 42.1 Å². The van der Waals surface area contributed by atoms with Crippen molar-refractivity contribution in [2.75, 3.05) is 36.8 Å². The number of carbonyl (C=O) groups excluding carboxylic acids is 3. The second-order valence-corrected chi connectivity index (χ2v) is 7.96. The Kier molecular flexibility index (Phi) is 10.9. The van der Waals surface area contributed by atoms with E-state index in [2.05, 4.69) is 36.7 Å². The number of nitrogens with zero attached hydrogens (tertiary/aromatic N) is 1. The highest BCUT2D eigenvalue weighted by atomic mass is 16.2. The highest BCUT2D eigenvalue weighted by Gasteiger charge is 2.14. The summed E-state index contributed by atoms with van der Waals surface area (Å²) in [7, 11) is 0. The highest BCUT2D eigenvalue weighted by Crippen LogP contribution is 2.13. The maximum absolute atomic E-state index is 12.7. The topological polar surface area (TPSA) is 90.5 Å². The van der Waals surface area contributed by atoms with Crippen LogP contribution in [-0.4, -0.2) is 48.8 Å². The van der Waals surface area contributed by atoms with E-state index >= 15 is 0 Å². The van der Waals surface area contributed by atoms with Gasteiger partial charge in [0.2, 0.25) is 5.91 Å². The fourth-order valence-electron chi connectivity index (χ4n) is 3.34. The molecule has 0 heterocycles.